The van der Waals surface area contributed by atoms with Gasteiger partial charge in [-0.25, -0.2) is 14.5 Å². The van der Waals surface area contributed by atoms with Crippen LogP contribution in [0.4, 0.5) is 0 Å². The third-order valence-electron chi connectivity index (χ3n) is 4.44. The first kappa shape index (κ1) is 21.8. The van der Waals surface area contributed by atoms with E-state index in [-0.39, 0.29) is 6.04 Å². The maximum atomic E-state index is 12.4. The number of rotatable bonds is 7. The SMILES string of the molecule is CC(OC(=O)c1ccc(Cn2cncn2)cc1)C(=O)NC(C)c1ccc(Cl)cc1Cl. The first-order chi connectivity index (χ1) is 14.3. The van der Waals surface area contributed by atoms with E-state index in [9.17, 15) is 9.59 Å². The quantitative estimate of drug-likeness (QED) is 0.553. The van der Waals surface area contributed by atoms with Crippen molar-refractivity contribution >= 4 is 35.1 Å². The number of ether oxygens (including phenoxy) is 1. The Kier molecular flexibility index (Phi) is 7.07. The summed E-state index contributed by atoms with van der Waals surface area (Å²) in [6, 6.07) is 11.6. The molecule has 2 atom stereocenters. The number of esters is 1. The van der Waals surface area contributed by atoms with Crippen molar-refractivity contribution in [1.29, 1.82) is 0 Å². The van der Waals surface area contributed by atoms with Crippen LogP contribution in [0.1, 0.15) is 41.4 Å². The normalized spacial score (nSPS) is 12.8. The Balaban J connectivity index is 1.55. The van der Waals surface area contributed by atoms with Crippen LogP contribution < -0.4 is 5.32 Å². The number of nitrogens with zero attached hydrogens (tertiary/aromatic N) is 3. The molecule has 0 aliphatic rings. The van der Waals surface area contributed by atoms with Crippen LogP contribution >= 0.6 is 23.2 Å². The second-order valence-corrected chi connectivity index (χ2v) is 7.58. The number of carbonyl (C=O) groups is 2. The zero-order chi connectivity index (χ0) is 21.7. The molecule has 0 aliphatic heterocycles. The number of aromatic nitrogens is 3. The van der Waals surface area contributed by atoms with Gasteiger partial charge in [-0.3, -0.25) is 4.79 Å². The lowest BCUT2D eigenvalue weighted by molar-refractivity contribution is -0.129. The van der Waals surface area contributed by atoms with Gasteiger partial charge >= 0.3 is 5.97 Å². The van der Waals surface area contributed by atoms with Crippen LogP contribution in [0.25, 0.3) is 0 Å². The molecule has 30 heavy (non-hydrogen) atoms. The molecule has 0 aliphatic carbocycles. The standard InChI is InChI=1S/C21H20Cl2N4O3/c1-13(18-8-7-17(22)9-19(18)23)26-20(28)14(2)30-21(29)16-5-3-15(4-6-16)10-27-12-24-11-25-27/h3-9,11-14H,10H2,1-2H3,(H,26,28). The van der Waals surface area contributed by atoms with E-state index in [1.54, 1.807) is 60.4 Å². The lowest BCUT2D eigenvalue weighted by Crippen LogP contribution is -2.37. The molecule has 0 fully saturated rings. The molecule has 0 saturated heterocycles. The van der Waals surface area contributed by atoms with Gasteiger partial charge in [-0.2, -0.15) is 5.10 Å². The summed E-state index contributed by atoms with van der Waals surface area (Å²) in [5.41, 5.74) is 2.03. The summed E-state index contributed by atoms with van der Waals surface area (Å²) in [6.45, 7) is 3.84. The number of benzene rings is 2. The van der Waals surface area contributed by atoms with Crippen molar-refractivity contribution in [3.05, 3.63) is 81.9 Å². The highest BCUT2D eigenvalue weighted by Gasteiger charge is 2.21. The molecule has 1 heterocycles. The predicted octanol–water partition coefficient (Wildman–Crippen LogP) is 4.06. The molecule has 3 aromatic rings. The van der Waals surface area contributed by atoms with Crippen LogP contribution in [0.2, 0.25) is 10.0 Å². The van der Waals surface area contributed by atoms with Crippen LogP contribution in [-0.2, 0) is 16.1 Å². The highest BCUT2D eigenvalue weighted by atomic mass is 35.5. The number of hydrogen-bond donors (Lipinski definition) is 1. The molecule has 0 spiro atoms. The average Bonchev–Trinajstić information content (AvgIpc) is 3.21. The fraction of sp³-hybridized carbons (Fsp3) is 0.238. The van der Waals surface area contributed by atoms with E-state index in [0.717, 1.165) is 11.1 Å². The van der Waals surface area contributed by atoms with Gasteiger partial charge in [-0.15, -0.1) is 0 Å². The van der Waals surface area contributed by atoms with Gasteiger partial charge in [0, 0.05) is 10.0 Å². The minimum Gasteiger partial charge on any atom is -0.449 e. The minimum atomic E-state index is -0.971. The van der Waals surface area contributed by atoms with E-state index < -0.39 is 18.0 Å². The van der Waals surface area contributed by atoms with Gasteiger partial charge in [0.15, 0.2) is 6.10 Å². The molecule has 0 bridgehead atoms. The Morgan fingerprint density at radius 1 is 1.13 bits per heavy atom. The number of nitrogens with one attached hydrogen (secondary N) is 1. The topological polar surface area (TPSA) is 86.1 Å². The van der Waals surface area contributed by atoms with Gasteiger partial charge in [-0.05, 0) is 49.2 Å². The van der Waals surface area contributed by atoms with Gasteiger partial charge in [0.2, 0.25) is 0 Å². The van der Waals surface area contributed by atoms with E-state index in [1.807, 2.05) is 0 Å². The summed E-state index contributed by atoms with van der Waals surface area (Å²) >= 11 is 12.1. The van der Waals surface area contributed by atoms with Gasteiger partial charge in [0.25, 0.3) is 5.91 Å². The van der Waals surface area contributed by atoms with Crippen LogP contribution in [0, 0.1) is 0 Å². The summed E-state index contributed by atoms with van der Waals surface area (Å²) in [5.74, 6) is -1.01. The lowest BCUT2D eigenvalue weighted by Gasteiger charge is -2.19. The van der Waals surface area contributed by atoms with E-state index in [4.69, 9.17) is 27.9 Å². The first-order valence-electron chi connectivity index (χ1n) is 9.21. The Hall–Kier alpha value is -2.90. The third-order valence-corrected chi connectivity index (χ3v) is 5.00. The molecular weight excluding hydrogens is 427 g/mol. The van der Waals surface area contributed by atoms with Crippen molar-refractivity contribution in [1.82, 2.24) is 20.1 Å². The van der Waals surface area contributed by atoms with E-state index in [1.165, 1.54) is 13.3 Å². The Morgan fingerprint density at radius 2 is 1.87 bits per heavy atom. The Bertz CT molecular complexity index is 1020. The van der Waals surface area contributed by atoms with Crippen molar-refractivity contribution in [3.8, 4) is 0 Å². The van der Waals surface area contributed by atoms with Gasteiger partial charge in [0.05, 0.1) is 18.2 Å². The van der Waals surface area contributed by atoms with Crippen molar-refractivity contribution in [2.24, 2.45) is 0 Å². The highest BCUT2D eigenvalue weighted by Crippen LogP contribution is 2.26. The summed E-state index contributed by atoms with van der Waals surface area (Å²) in [4.78, 5) is 28.7. The lowest BCUT2D eigenvalue weighted by atomic mass is 10.1. The molecule has 9 heteroatoms. The first-order valence-corrected chi connectivity index (χ1v) is 9.96. The molecule has 0 radical (unpaired) electrons. The van der Waals surface area contributed by atoms with Gasteiger partial charge < -0.3 is 10.1 Å². The maximum absolute atomic E-state index is 12.4. The summed E-state index contributed by atoms with van der Waals surface area (Å²) in [6.07, 6.45) is 2.10. The van der Waals surface area contributed by atoms with Crippen molar-refractivity contribution in [2.75, 3.05) is 0 Å². The predicted molar refractivity (Wildman–Crippen MR) is 113 cm³/mol. The molecule has 3 rings (SSSR count). The van der Waals surface area contributed by atoms with E-state index in [2.05, 4.69) is 15.4 Å². The van der Waals surface area contributed by atoms with Crippen molar-refractivity contribution in [3.63, 3.8) is 0 Å². The van der Waals surface area contributed by atoms with Crippen LogP contribution in [0.5, 0.6) is 0 Å². The molecular formula is C21H20Cl2N4O3. The Labute approximate surface area is 184 Å². The zero-order valence-electron chi connectivity index (χ0n) is 16.4. The van der Waals surface area contributed by atoms with Crippen molar-refractivity contribution < 1.29 is 14.3 Å². The molecule has 2 unspecified atom stereocenters. The van der Waals surface area contributed by atoms with Gasteiger partial charge in [-0.1, -0.05) is 41.4 Å². The third kappa shape index (κ3) is 5.58. The smallest absolute Gasteiger partial charge is 0.338 e. The monoisotopic (exact) mass is 446 g/mol. The van der Waals surface area contributed by atoms with E-state index in [0.29, 0.717) is 22.2 Å². The molecule has 0 saturated carbocycles. The molecule has 156 valence electrons. The second kappa shape index (κ2) is 9.73. The van der Waals surface area contributed by atoms with Crippen LogP contribution in [0.15, 0.2) is 55.1 Å². The summed E-state index contributed by atoms with van der Waals surface area (Å²) in [5, 5.41) is 7.79. The number of halogens is 2. The number of amides is 1. The zero-order valence-corrected chi connectivity index (χ0v) is 17.9. The fourth-order valence-corrected chi connectivity index (χ4v) is 3.36. The van der Waals surface area contributed by atoms with Gasteiger partial charge in [0.1, 0.15) is 12.7 Å². The maximum Gasteiger partial charge on any atom is 0.338 e. The van der Waals surface area contributed by atoms with Crippen LogP contribution in [-0.4, -0.2) is 32.7 Å². The summed E-state index contributed by atoms with van der Waals surface area (Å²) in [7, 11) is 0. The molecule has 1 amide bonds. The second-order valence-electron chi connectivity index (χ2n) is 6.73. The summed E-state index contributed by atoms with van der Waals surface area (Å²) < 4.78 is 6.97. The Morgan fingerprint density at radius 3 is 2.50 bits per heavy atom. The molecule has 1 N–H and O–H groups in total. The number of hydrogen-bond acceptors (Lipinski definition) is 5. The number of carbonyl (C=O) groups excluding carboxylic acids is 2. The average molecular weight is 447 g/mol. The van der Waals surface area contributed by atoms with Crippen LogP contribution in [0.3, 0.4) is 0 Å². The van der Waals surface area contributed by atoms with Crippen molar-refractivity contribution in [2.45, 2.75) is 32.5 Å². The molecule has 1 aromatic heterocycles. The highest BCUT2D eigenvalue weighted by molar-refractivity contribution is 6.35. The minimum absolute atomic E-state index is 0.353. The fourth-order valence-electron chi connectivity index (χ4n) is 2.79. The van der Waals surface area contributed by atoms with E-state index >= 15 is 0 Å². The molecule has 7 nitrogen and oxygen atoms in total. The molecule has 2 aromatic carbocycles. The largest absolute Gasteiger partial charge is 0.449 e.